The van der Waals surface area contributed by atoms with Gasteiger partial charge in [0, 0.05) is 35.9 Å². The lowest BCUT2D eigenvalue weighted by Crippen LogP contribution is -2.37. The fourth-order valence-corrected chi connectivity index (χ4v) is 4.65. The molecule has 3 amide bonds. The van der Waals surface area contributed by atoms with Gasteiger partial charge in [-0.05, 0) is 49.2 Å². The Kier molecular flexibility index (Phi) is 15.5. The molecule has 0 unspecified atom stereocenters. The SMILES string of the molecule is CCCCCCCCCCCCCC(=O)NCCCN(C(=O)Nc1cccc(Cl)c1)c1cccc(C(F)(F)F)c1. The smallest absolute Gasteiger partial charge is 0.356 e. The fourth-order valence-electron chi connectivity index (χ4n) is 4.46. The third-order valence-corrected chi connectivity index (χ3v) is 6.93. The number of carbonyl (C=O) groups is 2. The van der Waals surface area contributed by atoms with E-state index in [0.717, 1.165) is 31.4 Å². The Morgan fingerprint density at radius 3 is 2.08 bits per heavy atom. The minimum Gasteiger partial charge on any atom is -0.356 e. The number of urea groups is 1. The molecule has 0 aliphatic heterocycles. The van der Waals surface area contributed by atoms with Gasteiger partial charge in [0.2, 0.25) is 5.91 Å². The Hall–Kier alpha value is -2.74. The molecule has 2 N–H and O–H groups in total. The maximum atomic E-state index is 13.3. The van der Waals surface area contributed by atoms with E-state index in [4.69, 9.17) is 11.6 Å². The number of alkyl halides is 3. The summed E-state index contributed by atoms with van der Waals surface area (Å²) >= 11 is 5.99. The highest BCUT2D eigenvalue weighted by molar-refractivity contribution is 6.30. The lowest BCUT2D eigenvalue weighted by atomic mass is 10.1. The van der Waals surface area contributed by atoms with Gasteiger partial charge in [0.25, 0.3) is 0 Å². The number of hydrogen-bond acceptors (Lipinski definition) is 2. The first kappa shape index (κ1) is 33.5. The third kappa shape index (κ3) is 13.6. The molecular weight excluding hydrogens is 539 g/mol. The molecule has 0 heterocycles. The summed E-state index contributed by atoms with van der Waals surface area (Å²) < 4.78 is 39.9. The van der Waals surface area contributed by atoms with Crippen molar-refractivity contribution in [3.8, 4) is 0 Å². The molecule has 40 heavy (non-hydrogen) atoms. The molecule has 0 bridgehead atoms. The summed E-state index contributed by atoms with van der Waals surface area (Å²) in [6.07, 6.45) is 9.62. The van der Waals surface area contributed by atoms with Crippen molar-refractivity contribution in [3.63, 3.8) is 0 Å². The van der Waals surface area contributed by atoms with E-state index in [1.165, 1.54) is 68.4 Å². The quantitative estimate of drug-likeness (QED) is 0.172. The van der Waals surface area contributed by atoms with Crippen LogP contribution in [0.4, 0.5) is 29.3 Å². The van der Waals surface area contributed by atoms with Crippen LogP contribution in [0.5, 0.6) is 0 Å². The van der Waals surface area contributed by atoms with Crippen LogP contribution in [-0.2, 0) is 11.0 Å². The van der Waals surface area contributed by atoms with E-state index in [2.05, 4.69) is 17.6 Å². The highest BCUT2D eigenvalue weighted by atomic mass is 35.5. The molecule has 0 atom stereocenters. The molecule has 0 saturated carbocycles. The summed E-state index contributed by atoms with van der Waals surface area (Å²) in [6.45, 7) is 2.66. The van der Waals surface area contributed by atoms with Gasteiger partial charge in [0.05, 0.1) is 5.56 Å². The molecule has 2 aromatic rings. The number of carbonyl (C=O) groups excluding carboxylic acids is 2. The lowest BCUT2D eigenvalue weighted by molar-refractivity contribution is -0.137. The molecule has 5 nitrogen and oxygen atoms in total. The Labute approximate surface area is 241 Å². The van der Waals surface area contributed by atoms with Crippen LogP contribution in [0, 0.1) is 0 Å². The van der Waals surface area contributed by atoms with Gasteiger partial charge in [-0.1, -0.05) is 94.9 Å². The van der Waals surface area contributed by atoms with Crippen LogP contribution in [0.25, 0.3) is 0 Å². The minimum atomic E-state index is -4.53. The van der Waals surface area contributed by atoms with Gasteiger partial charge in [0.15, 0.2) is 0 Å². The van der Waals surface area contributed by atoms with Crippen molar-refractivity contribution in [1.82, 2.24) is 5.32 Å². The van der Waals surface area contributed by atoms with Crippen molar-refractivity contribution >= 4 is 34.9 Å². The molecule has 222 valence electrons. The largest absolute Gasteiger partial charge is 0.416 e. The highest BCUT2D eigenvalue weighted by Crippen LogP contribution is 2.32. The van der Waals surface area contributed by atoms with Crippen molar-refractivity contribution in [3.05, 3.63) is 59.1 Å². The van der Waals surface area contributed by atoms with Crippen LogP contribution in [0.1, 0.15) is 96.0 Å². The zero-order chi connectivity index (χ0) is 29.2. The van der Waals surface area contributed by atoms with Crippen LogP contribution < -0.4 is 15.5 Å². The fraction of sp³-hybridized carbons (Fsp3) is 0.548. The number of nitrogens with one attached hydrogen (secondary N) is 2. The maximum absolute atomic E-state index is 13.3. The molecule has 0 spiro atoms. The molecule has 2 rings (SSSR count). The van der Waals surface area contributed by atoms with Crippen molar-refractivity contribution in [2.75, 3.05) is 23.3 Å². The van der Waals surface area contributed by atoms with Crippen LogP contribution in [0.2, 0.25) is 5.02 Å². The summed E-state index contributed by atoms with van der Waals surface area (Å²) in [6, 6.07) is 10.6. The second kappa shape index (κ2) is 18.6. The molecule has 2 aromatic carbocycles. The van der Waals surface area contributed by atoms with Gasteiger partial charge in [-0.25, -0.2) is 4.79 Å². The van der Waals surface area contributed by atoms with E-state index in [9.17, 15) is 22.8 Å². The van der Waals surface area contributed by atoms with E-state index >= 15 is 0 Å². The Balaban J connectivity index is 1.77. The average molecular weight is 582 g/mol. The van der Waals surface area contributed by atoms with Crippen LogP contribution in [-0.4, -0.2) is 25.0 Å². The van der Waals surface area contributed by atoms with Crippen LogP contribution in [0.15, 0.2) is 48.5 Å². The summed E-state index contributed by atoms with van der Waals surface area (Å²) in [4.78, 5) is 26.5. The lowest BCUT2D eigenvalue weighted by Gasteiger charge is -2.24. The first-order valence-corrected chi connectivity index (χ1v) is 14.9. The molecule has 0 fully saturated rings. The maximum Gasteiger partial charge on any atom is 0.416 e. The van der Waals surface area contributed by atoms with Gasteiger partial charge in [-0.3, -0.25) is 9.69 Å². The topological polar surface area (TPSA) is 61.4 Å². The van der Waals surface area contributed by atoms with E-state index in [1.807, 2.05) is 0 Å². The molecule has 0 saturated heterocycles. The summed E-state index contributed by atoms with van der Waals surface area (Å²) in [5.74, 6) is -0.0510. The van der Waals surface area contributed by atoms with E-state index in [0.29, 0.717) is 30.1 Å². The number of nitrogens with zero attached hydrogens (tertiary/aromatic N) is 1. The monoisotopic (exact) mass is 581 g/mol. The molecular formula is C31H43ClF3N3O2. The highest BCUT2D eigenvalue weighted by Gasteiger charge is 2.31. The normalized spacial score (nSPS) is 11.3. The Morgan fingerprint density at radius 1 is 0.825 bits per heavy atom. The van der Waals surface area contributed by atoms with E-state index < -0.39 is 17.8 Å². The van der Waals surface area contributed by atoms with Gasteiger partial charge in [-0.2, -0.15) is 13.2 Å². The average Bonchev–Trinajstić information content (AvgIpc) is 2.91. The zero-order valence-electron chi connectivity index (χ0n) is 23.5. The van der Waals surface area contributed by atoms with Crippen molar-refractivity contribution in [1.29, 1.82) is 0 Å². The minimum absolute atomic E-state index is 0.0510. The summed E-state index contributed by atoms with van der Waals surface area (Å²) in [5, 5.41) is 5.97. The summed E-state index contributed by atoms with van der Waals surface area (Å²) in [5.41, 5.74) is -0.303. The molecule has 0 radical (unpaired) electrons. The number of hydrogen-bond donors (Lipinski definition) is 2. The number of rotatable bonds is 18. The third-order valence-electron chi connectivity index (χ3n) is 6.69. The Bertz CT molecular complexity index is 1030. The number of unbranched alkanes of at least 4 members (excludes halogenated alkanes) is 10. The number of amides is 3. The molecule has 0 aliphatic rings. The predicted molar refractivity (Wildman–Crippen MR) is 158 cm³/mol. The number of benzene rings is 2. The number of anilines is 2. The van der Waals surface area contributed by atoms with Gasteiger partial charge in [-0.15, -0.1) is 0 Å². The molecule has 0 aromatic heterocycles. The number of halogens is 4. The van der Waals surface area contributed by atoms with Crippen molar-refractivity contribution in [2.24, 2.45) is 0 Å². The first-order chi connectivity index (χ1) is 19.2. The standard InChI is InChI=1S/C31H43ClF3N3O2/c1-2-3-4-5-6-7-8-9-10-11-12-20-29(39)36-21-15-22-38(28-19-13-16-25(23-28)31(33,34)35)30(40)37-27-18-14-17-26(32)24-27/h13-14,16-19,23-24H,2-12,15,20-22H2,1H3,(H,36,39)(H,37,40). The molecule has 0 aliphatic carbocycles. The van der Waals surface area contributed by atoms with E-state index in [1.54, 1.807) is 24.3 Å². The van der Waals surface area contributed by atoms with E-state index in [-0.39, 0.29) is 18.1 Å². The zero-order valence-corrected chi connectivity index (χ0v) is 24.3. The molecule has 9 heteroatoms. The Morgan fingerprint density at radius 2 is 1.45 bits per heavy atom. The summed E-state index contributed by atoms with van der Waals surface area (Å²) in [7, 11) is 0. The first-order valence-electron chi connectivity index (χ1n) is 14.5. The second-order valence-electron chi connectivity index (χ2n) is 10.1. The second-order valence-corrected chi connectivity index (χ2v) is 10.6. The van der Waals surface area contributed by atoms with Crippen molar-refractivity contribution < 1.29 is 22.8 Å². The van der Waals surface area contributed by atoms with Gasteiger partial charge in [0.1, 0.15) is 0 Å². The van der Waals surface area contributed by atoms with Crippen molar-refractivity contribution in [2.45, 2.75) is 96.6 Å². The van der Waals surface area contributed by atoms with Crippen LogP contribution in [0.3, 0.4) is 0 Å². The van der Waals surface area contributed by atoms with Gasteiger partial charge >= 0.3 is 12.2 Å². The van der Waals surface area contributed by atoms with Gasteiger partial charge < -0.3 is 10.6 Å². The predicted octanol–water partition coefficient (Wildman–Crippen LogP) is 9.60. The van der Waals surface area contributed by atoms with Crippen LogP contribution >= 0.6 is 11.6 Å².